The van der Waals surface area contributed by atoms with E-state index < -0.39 is 24.4 Å². The molecule has 0 aliphatic heterocycles. The van der Waals surface area contributed by atoms with E-state index in [1.54, 1.807) is 36.2 Å². The predicted octanol–water partition coefficient (Wildman–Crippen LogP) is 3.39. The Morgan fingerprint density at radius 2 is 2.11 bits per heavy atom. The number of nitrogens with one attached hydrogen (secondary N) is 2. The normalized spacial score (nSPS) is 10.7. The third kappa shape index (κ3) is 4.63. The minimum atomic E-state index is -1.22. The number of hydroxylamine groups is 1. The highest BCUT2D eigenvalue weighted by Gasteiger charge is 2.14. The van der Waals surface area contributed by atoms with E-state index >= 15 is 0 Å². The number of hydrogen-bond acceptors (Lipinski definition) is 7. The number of carboxylic acids is 1. The highest BCUT2D eigenvalue weighted by atomic mass is 35.5. The highest BCUT2D eigenvalue weighted by molar-refractivity contribution is 7.22. The summed E-state index contributed by atoms with van der Waals surface area (Å²) in [4.78, 5) is 37.2. The van der Waals surface area contributed by atoms with E-state index in [1.807, 2.05) is 5.48 Å². The average molecular weight is 426 g/mol. The topological polar surface area (TPSA) is 117 Å². The van der Waals surface area contributed by atoms with Gasteiger partial charge in [-0.1, -0.05) is 22.9 Å². The minimum Gasteiger partial charge on any atom is -0.479 e. The standard InChI is InChI=1S/C16H13ClFN5O4S/c1-23(11-4-2-8(17)6-9(11)18)12-5-3-10-14(20-12)28-16(19-10)21-15(26)22-27-7-13(24)25/h2-6H,7H2,1H3,(H,24,25)(H2,19,21,22,26). The Morgan fingerprint density at radius 1 is 1.32 bits per heavy atom. The molecule has 2 aromatic heterocycles. The van der Waals surface area contributed by atoms with Crippen molar-refractivity contribution in [2.75, 3.05) is 23.9 Å². The van der Waals surface area contributed by atoms with Crippen molar-refractivity contribution in [3.63, 3.8) is 0 Å². The first-order valence-corrected chi connectivity index (χ1v) is 8.90. The molecule has 0 saturated carbocycles. The molecule has 2 amide bonds. The van der Waals surface area contributed by atoms with Crippen LogP contribution in [0.1, 0.15) is 0 Å². The number of aromatic nitrogens is 2. The Hall–Kier alpha value is -3.02. The van der Waals surface area contributed by atoms with Gasteiger partial charge in [-0.25, -0.2) is 29.4 Å². The van der Waals surface area contributed by atoms with Gasteiger partial charge in [0.2, 0.25) is 0 Å². The monoisotopic (exact) mass is 425 g/mol. The molecular weight excluding hydrogens is 413 g/mol. The van der Waals surface area contributed by atoms with Crippen molar-refractivity contribution in [2.24, 2.45) is 0 Å². The molecule has 0 aliphatic rings. The van der Waals surface area contributed by atoms with E-state index in [2.05, 4.69) is 20.1 Å². The van der Waals surface area contributed by atoms with Crippen molar-refractivity contribution in [1.29, 1.82) is 0 Å². The largest absolute Gasteiger partial charge is 0.479 e. The van der Waals surface area contributed by atoms with Crippen LogP contribution in [-0.4, -0.2) is 40.7 Å². The van der Waals surface area contributed by atoms with E-state index in [1.165, 1.54) is 6.07 Å². The molecule has 0 unspecified atom stereocenters. The molecule has 0 spiro atoms. The molecule has 28 heavy (non-hydrogen) atoms. The number of pyridine rings is 1. The number of thiazole rings is 1. The smallest absolute Gasteiger partial charge is 0.344 e. The predicted molar refractivity (Wildman–Crippen MR) is 103 cm³/mol. The van der Waals surface area contributed by atoms with Crippen molar-refractivity contribution < 1.29 is 23.9 Å². The molecule has 1 aromatic carbocycles. The Labute approximate surface area is 166 Å². The number of aliphatic carboxylic acids is 1. The maximum atomic E-state index is 14.1. The van der Waals surface area contributed by atoms with Crippen LogP contribution in [0.3, 0.4) is 0 Å². The number of carbonyl (C=O) groups excluding carboxylic acids is 1. The number of urea groups is 1. The number of rotatable bonds is 6. The lowest BCUT2D eigenvalue weighted by atomic mass is 10.2. The molecule has 0 saturated heterocycles. The van der Waals surface area contributed by atoms with Gasteiger partial charge in [-0.05, 0) is 30.3 Å². The summed E-state index contributed by atoms with van der Waals surface area (Å²) in [6.45, 7) is -0.675. The number of carboxylic acid groups (broad SMARTS) is 1. The number of benzene rings is 1. The summed E-state index contributed by atoms with van der Waals surface area (Å²) in [5.41, 5.74) is 2.75. The fourth-order valence-corrected chi connectivity index (χ4v) is 3.20. The molecule has 2 heterocycles. The molecule has 3 N–H and O–H groups in total. The zero-order chi connectivity index (χ0) is 20.3. The molecule has 9 nitrogen and oxygen atoms in total. The van der Waals surface area contributed by atoms with Crippen LogP contribution in [0, 0.1) is 5.82 Å². The molecule has 12 heteroatoms. The fourth-order valence-electron chi connectivity index (χ4n) is 2.21. The van der Waals surface area contributed by atoms with Crippen LogP contribution in [-0.2, 0) is 9.63 Å². The Morgan fingerprint density at radius 3 is 2.82 bits per heavy atom. The number of fused-ring (bicyclic) bond motifs is 1. The van der Waals surface area contributed by atoms with Gasteiger partial charge in [-0.3, -0.25) is 10.2 Å². The summed E-state index contributed by atoms with van der Waals surface area (Å²) < 4.78 is 14.1. The Kier molecular flexibility index (Phi) is 5.87. The minimum absolute atomic E-state index is 0.233. The summed E-state index contributed by atoms with van der Waals surface area (Å²) in [5, 5.41) is 11.4. The number of amides is 2. The quantitative estimate of drug-likeness (QED) is 0.518. The van der Waals surface area contributed by atoms with Crippen LogP contribution < -0.4 is 15.7 Å². The summed E-state index contributed by atoms with van der Waals surface area (Å²) in [7, 11) is 1.66. The maximum absolute atomic E-state index is 14.1. The van der Waals surface area contributed by atoms with Crippen molar-refractivity contribution in [1.82, 2.24) is 15.4 Å². The van der Waals surface area contributed by atoms with Gasteiger partial charge in [0.1, 0.15) is 22.0 Å². The van der Waals surface area contributed by atoms with Crippen LogP contribution >= 0.6 is 22.9 Å². The zero-order valence-electron chi connectivity index (χ0n) is 14.3. The lowest BCUT2D eigenvalue weighted by molar-refractivity contribution is -0.143. The number of anilines is 3. The first kappa shape index (κ1) is 19.7. The third-order valence-corrected chi connectivity index (χ3v) is 4.55. The van der Waals surface area contributed by atoms with Gasteiger partial charge >= 0.3 is 12.0 Å². The van der Waals surface area contributed by atoms with E-state index in [-0.39, 0.29) is 5.13 Å². The molecule has 0 radical (unpaired) electrons. The average Bonchev–Trinajstić information content (AvgIpc) is 3.02. The molecule has 0 fully saturated rings. The maximum Gasteiger partial charge on any atom is 0.344 e. The van der Waals surface area contributed by atoms with E-state index in [0.29, 0.717) is 26.9 Å². The molecule has 3 aromatic rings. The molecule has 3 rings (SSSR count). The van der Waals surface area contributed by atoms with Crippen LogP contribution in [0.4, 0.5) is 25.8 Å². The number of hydrogen-bond donors (Lipinski definition) is 3. The number of carbonyl (C=O) groups is 2. The molecule has 0 atom stereocenters. The van der Waals surface area contributed by atoms with Crippen molar-refractivity contribution in [3.8, 4) is 0 Å². The van der Waals surface area contributed by atoms with Gasteiger partial charge in [0.05, 0.1) is 5.69 Å². The fraction of sp³-hybridized carbons (Fsp3) is 0.125. The molecular formula is C16H13ClFN5O4S. The van der Waals surface area contributed by atoms with Gasteiger partial charge < -0.3 is 10.0 Å². The highest BCUT2D eigenvalue weighted by Crippen LogP contribution is 2.30. The van der Waals surface area contributed by atoms with Gasteiger partial charge in [0, 0.05) is 12.1 Å². The first-order chi connectivity index (χ1) is 13.3. The summed E-state index contributed by atoms with van der Waals surface area (Å²) in [5.74, 6) is -1.24. The van der Waals surface area contributed by atoms with Crippen molar-refractivity contribution in [2.45, 2.75) is 0 Å². The van der Waals surface area contributed by atoms with Crippen LogP contribution in [0.15, 0.2) is 30.3 Å². The summed E-state index contributed by atoms with van der Waals surface area (Å²) in [6.07, 6.45) is 0. The molecule has 0 aliphatic carbocycles. The summed E-state index contributed by atoms with van der Waals surface area (Å²) in [6, 6.07) is 6.91. The molecule has 146 valence electrons. The van der Waals surface area contributed by atoms with Gasteiger partial charge in [-0.15, -0.1) is 0 Å². The van der Waals surface area contributed by atoms with Crippen LogP contribution in [0.5, 0.6) is 0 Å². The van der Waals surface area contributed by atoms with Crippen LogP contribution in [0.2, 0.25) is 5.02 Å². The number of nitrogens with zero attached hydrogens (tertiary/aromatic N) is 3. The van der Waals surface area contributed by atoms with Gasteiger partial charge in [-0.2, -0.15) is 0 Å². The Bertz CT molecular complexity index is 1050. The van der Waals surface area contributed by atoms with Crippen molar-refractivity contribution >= 4 is 61.9 Å². The SMILES string of the molecule is CN(c1ccc2nc(NC(=O)NOCC(=O)O)sc2n1)c1ccc(Cl)cc1F. The van der Waals surface area contributed by atoms with Gasteiger partial charge in [0.15, 0.2) is 11.7 Å². The molecule has 0 bridgehead atoms. The lowest BCUT2D eigenvalue weighted by Crippen LogP contribution is -2.30. The van der Waals surface area contributed by atoms with E-state index in [0.717, 1.165) is 11.3 Å². The second-order valence-corrected chi connectivity index (χ2v) is 6.82. The first-order valence-electron chi connectivity index (χ1n) is 7.70. The van der Waals surface area contributed by atoms with Crippen molar-refractivity contribution in [3.05, 3.63) is 41.2 Å². The lowest BCUT2D eigenvalue weighted by Gasteiger charge is -2.18. The van der Waals surface area contributed by atoms with Gasteiger partial charge in [0.25, 0.3) is 0 Å². The number of halogens is 2. The second-order valence-electron chi connectivity index (χ2n) is 5.41. The van der Waals surface area contributed by atoms with Crippen LogP contribution in [0.25, 0.3) is 10.3 Å². The Balaban J connectivity index is 1.75. The van der Waals surface area contributed by atoms with E-state index in [9.17, 15) is 14.0 Å². The third-order valence-electron chi connectivity index (χ3n) is 3.44. The second kappa shape index (κ2) is 8.33. The summed E-state index contributed by atoms with van der Waals surface area (Å²) >= 11 is 6.87. The van der Waals surface area contributed by atoms with E-state index in [4.69, 9.17) is 16.7 Å². The zero-order valence-corrected chi connectivity index (χ0v) is 15.8.